The van der Waals surface area contributed by atoms with Crippen LogP contribution in [-0.2, 0) is 16.0 Å². The van der Waals surface area contributed by atoms with Crippen molar-refractivity contribution in [3.63, 3.8) is 0 Å². The molecule has 0 fully saturated rings. The van der Waals surface area contributed by atoms with Crippen LogP contribution in [0, 0.1) is 5.13 Å². The molecule has 0 bridgehead atoms. The zero-order chi connectivity index (χ0) is 25.8. The number of aromatic amines is 1. The van der Waals surface area contributed by atoms with Crippen molar-refractivity contribution in [2.24, 2.45) is 0 Å². The van der Waals surface area contributed by atoms with E-state index in [1.807, 2.05) is 44.2 Å². The van der Waals surface area contributed by atoms with E-state index in [1.54, 1.807) is 12.1 Å². The van der Waals surface area contributed by atoms with Gasteiger partial charge in [0, 0.05) is 11.6 Å². The summed E-state index contributed by atoms with van der Waals surface area (Å²) in [6.07, 6.45) is 0.00193. The van der Waals surface area contributed by atoms with E-state index in [-0.39, 0.29) is 46.6 Å². The van der Waals surface area contributed by atoms with Crippen molar-refractivity contribution < 1.29 is 19.1 Å². The minimum atomic E-state index is -0.427. The summed E-state index contributed by atoms with van der Waals surface area (Å²) >= 11 is 6.80. The van der Waals surface area contributed by atoms with Crippen molar-refractivity contribution in [1.82, 2.24) is 14.9 Å². The highest BCUT2D eigenvalue weighted by Crippen LogP contribution is 2.32. The lowest BCUT2D eigenvalue weighted by atomic mass is 10.1. The number of carbonyl (C=O) groups excluding carboxylic acids is 2. The Bertz CT molecular complexity index is 1390. The molecule has 4 aromatic rings. The van der Waals surface area contributed by atoms with Gasteiger partial charge in [0.25, 0.3) is 0 Å². The number of phenolic OH excluding ortho intramolecular Hbond substituents is 1. The van der Waals surface area contributed by atoms with Crippen molar-refractivity contribution in [2.45, 2.75) is 26.3 Å². The van der Waals surface area contributed by atoms with Gasteiger partial charge >= 0.3 is 0 Å². The number of nitrogens with one attached hydrogen (secondary N) is 2. The van der Waals surface area contributed by atoms with Crippen molar-refractivity contribution in [1.29, 1.82) is 0 Å². The van der Waals surface area contributed by atoms with E-state index >= 15 is 0 Å². The topological polar surface area (TPSA) is 98.3 Å². The van der Waals surface area contributed by atoms with E-state index in [0.717, 1.165) is 16.9 Å². The number of aromatic hydroxyl groups is 1. The van der Waals surface area contributed by atoms with E-state index in [0.29, 0.717) is 22.0 Å². The van der Waals surface area contributed by atoms with Crippen LogP contribution in [0.3, 0.4) is 0 Å². The fourth-order valence-corrected chi connectivity index (χ4v) is 4.46. The molecule has 7 nitrogen and oxygen atoms in total. The number of rotatable bonds is 8. The number of imidazole rings is 1. The van der Waals surface area contributed by atoms with Crippen LogP contribution in [0.25, 0.3) is 22.0 Å². The van der Waals surface area contributed by atoms with Crippen LogP contribution in [-0.4, -0.2) is 44.4 Å². The van der Waals surface area contributed by atoms with Gasteiger partial charge in [-0.15, -0.1) is 11.3 Å². The number of amides is 2. The van der Waals surface area contributed by atoms with Crippen LogP contribution in [0.4, 0.5) is 10.2 Å². The van der Waals surface area contributed by atoms with Crippen LogP contribution in [0.1, 0.15) is 19.4 Å². The van der Waals surface area contributed by atoms with Gasteiger partial charge in [-0.25, -0.2) is 4.98 Å². The Kier molecular flexibility index (Phi) is 7.71. The van der Waals surface area contributed by atoms with Gasteiger partial charge in [0.2, 0.25) is 11.8 Å². The Hall–Kier alpha value is -3.69. The molecule has 3 N–H and O–H groups in total. The fraction of sp³-hybridized carbons (Fsp3) is 0.192. The number of benzene rings is 2. The molecule has 0 aliphatic heterocycles. The Morgan fingerprint density at radius 3 is 2.56 bits per heavy atom. The molecular weight excluding hydrogens is 503 g/mol. The lowest BCUT2D eigenvalue weighted by Crippen LogP contribution is -2.43. The van der Waals surface area contributed by atoms with Crippen LogP contribution in [0.15, 0.2) is 60.7 Å². The second-order valence-electron chi connectivity index (χ2n) is 8.40. The van der Waals surface area contributed by atoms with E-state index < -0.39 is 5.91 Å². The van der Waals surface area contributed by atoms with Crippen molar-refractivity contribution in [3.8, 4) is 27.7 Å². The van der Waals surface area contributed by atoms with E-state index in [4.69, 9.17) is 11.6 Å². The number of nitrogens with zero attached hydrogens (tertiary/aromatic N) is 2. The maximum atomic E-state index is 13.6. The summed E-state index contributed by atoms with van der Waals surface area (Å²) in [6, 6.07) is 16.7. The minimum absolute atomic E-state index is 0.00193. The third-order valence-corrected chi connectivity index (χ3v) is 6.65. The second kappa shape index (κ2) is 10.9. The lowest BCUT2D eigenvalue weighted by Gasteiger charge is -2.26. The summed E-state index contributed by atoms with van der Waals surface area (Å²) in [5.41, 5.74) is 1.95. The van der Waals surface area contributed by atoms with Crippen molar-refractivity contribution >= 4 is 40.6 Å². The molecule has 2 aromatic carbocycles. The molecular formula is C26H24ClFN4O3S. The molecule has 0 aliphatic rings. The standard InChI is InChI=1S/C26H24ClFN4O3S/c1-15(2)32(23(35)13-16-8-9-18(27)19(33)12-16)14-22(34)29-26-24(17-6-4-3-5-7-17)30-25(31-26)20-10-11-21(28)36-20/h3-12,15,33H,13-14H2,1-2H3,(H,29,34)(H,30,31). The maximum Gasteiger partial charge on any atom is 0.245 e. The first-order chi connectivity index (χ1) is 17.2. The van der Waals surface area contributed by atoms with Gasteiger partial charge in [-0.2, -0.15) is 4.39 Å². The molecule has 0 radical (unpaired) electrons. The molecule has 0 aliphatic carbocycles. The number of carbonyl (C=O) groups is 2. The van der Waals surface area contributed by atoms with Crippen LogP contribution in [0.5, 0.6) is 5.75 Å². The number of anilines is 1. The van der Waals surface area contributed by atoms with E-state index in [9.17, 15) is 19.1 Å². The number of thiophene rings is 1. The van der Waals surface area contributed by atoms with Gasteiger partial charge in [0.1, 0.15) is 12.3 Å². The third kappa shape index (κ3) is 5.92. The molecule has 2 heterocycles. The van der Waals surface area contributed by atoms with Gasteiger partial charge in [-0.3, -0.25) is 9.59 Å². The Morgan fingerprint density at radius 1 is 1.17 bits per heavy atom. The quantitative estimate of drug-likeness (QED) is 0.273. The first-order valence-corrected chi connectivity index (χ1v) is 12.4. The van der Waals surface area contributed by atoms with Gasteiger partial charge in [-0.1, -0.05) is 48.0 Å². The van der Waals surface area contributed by atoms with Crippen LogP contribution < -0.4 is 5.32 Å². The zero-order valence-electron chi connectivity index (χ0n) is 19.6. The molecule has 36 heavy (non-hydrogen) atoms. The van der Waals surface area contributed by atoms with Crippen LogP contribution >= 0.6 is 22.9 Å². The number of H-pyrrole nitrogens is 1. The molecule has 2 aromatic heterocycles. The van der Waals surface area contributed by atoms with Gasteiger partial charge in [0.05, 0.1) is 22.0 Å². The zero-order valence-corrected chi connectivity index (χ0v) is 21.2. The number of aromatic nitrogens is 2. The highest BCUT2D eigenvalue weighted by molar-refractivity contribution is 7.13. The molecule has 0 spiro atoms. The fourth-order valence-electron chi connectivity index (χ4n) is 3.67. The molecule has 0 unspecified atom stereocenters. The largest absolute Gasteiger partial charge is 0.506 e. The number of halogens is 2. The number of hydrogen-bond donors (Lipinski definition) is 3. The smallest absolute Gasteiger partial charge is 0.245 e. The third-order valence-electron chi connectivity index (χ3n) is 5.45. The summed E-state index contributed by atoms with van der Waals surface area (Å²) < 4.78 is 13.6. The first-order valence-electron chi connectivity index (χ1n) is 11.2. The summed E-state index contributed by atoms with van der Waals surface area (Å²) in [6.45, 7) is 3.44. The first kappa shape index (κ1) is 25.4. The Morgan fingerprint density at radius 2 is 1.92 bits per heavy atom. The average molecular weight is 527 g/mol. The average Bonchev–Trinajstić information content (AvgIpc) is 3.46. The predicted molar refractivity (Wildman–Crippen MR) is 140 cm³/mol. The van der Waals surface area contributed by atoms with Gasteiger partial charge in [0.15, 0.2) is 16.8 Å². The Labute approximate surface area is 216 Å². The van der Waals surface area contributed by atoms with Crippen molar-refractivity contribution in [2.75, 3.05) is 11.9 Å². The lowest BCUT2D eigenvalue weighted by molar-refractivity contribution is -0.135. The SMILES string of the molecule is CC(C)N(CC(=O)Nc1nc(-c2ccc(F)s2)[nH]c1-c1ccccc1)C(=O)Cc1ccc(Cl)c(O)c1. The predicted octanol–water partition coefficient (Wildman–Crippen LogP) is 5.72. The monoisotopic (exact) mass is 526 g/mol. The van der Waals surface area contributed by atoms with Gasteiger partial charge < -0.3 is 20.3 Å². The van der Waals surface area contributed by atoms with Gasteiger partial charge in [-0.05, 0) is 43.7 Å². The molecule has 4 rings (SSSR count). The van der Waals surface area contributed by atoms with Crippen molar-refractivity contribution in [3.05, 3.63) is 76.4 Å². The molecule has 0 saturated carbocycles. The number of phenols is 1. The maximum absolute atomic E-state index is 13.6. The molecule has 186 valence electrons. The normalized spacial score (nSPS) is 11.0. The molecule has 0 atom stereocenters. The summed E-state index contributed by atoms with van der Waals surface area (Å²) in [7, 11) is 0. The highest BCUT2D eigenvalue weighted by atomic mass is 35.5. The molecule has 0 saturated heterocycles. The minimum Gasteiger partial charge on any atom is -0.506 e. The van der Waals surface area contributed by atoms with Crippen LogP contribution in [0.2, 0.25) is 5.02 Å². The number of hydrogen-bond acceptors (Lipinski definition) is 5. The summed E-state index contributed by atoms with van der Waals surface area (Å²) in [5, 5.41) is 12.5. The summed E-state index contributed by atoms with van der Waals surface area (Å²) in [4.78, 5) is 35.8. The van der Waals surface area contributed by atoms with E-state index in [2.05, 4.69) is 15.3 Å². The molecule has 10 heteroatoms. The second-order valence-corrected chi connectivity index (χ2v) is 9.85. The van der Waals surface area contributed by atoms with E-state index in [1.165, 1.54) is 23.1 Å². The molecule has 2 amide bonds. The Balaban J connectivity index is 1.54. The summed E-state index contributed by atoms with van der Waals surface area (Å²) in [5.74, 6) is -0.0964. The highest BCUT2D eigenvalue weighted by Gasteiger charge is 2.23.